The molecule has 0 aliphatic rings. The first kappa shape index (κ1) is 19.6. The van der Waals surface area contributed by atoms with Crippen molar-refractivity contribution in [3.8, 4) is 0 Å². The van der Waals surface area contributed by atoms with E-state index in [1.165, 1.54) is 18.3 Å². The Morgan fingerprint density at radius 2 is 1.69 bits per heavy atom. The van der Waals surface area contributed by atoms with Gasteiger partial charge in [-0.25, -0.2) is 0 Å². The molecule has 0 saturated carbocycles. The van der Waals surface area contributed by atoms with Crippen molar-refractivity contribution in [2.75, 3.05) is 11.9 Å². The summed E-state index contributed by atoms with van der Waals surface area (Å²) in [6.45, 7) is 0.973. The Kier molecular flexibility index (Phi) is 5.18. The largest absolute Gasteiger partial charge is 0.416 e. The molecule has 12 heteroatoms. The molecule has 1 atom stereocenters. The Hall–Kier alpha value is -2.73. The van der Waals surface area contributed by atoms with E-state index in [1.54, 1.807) is 16.8 Å². The van der Waals surface area contributed by atoms with Gasteiger partial charge in [0.25, 0.3) is 11.4 Å². The van der Waals surface area contributed by atoms with Crippen molar-refractivity contribution in [3.63, 3.8) is 0 Å². The summed E-state index contributed by atoms with van der Waals surface area (Å²) < 4.78 is 38.6. The van der Waals surface area contributed by atoms with Gasteiger partial charge in [0, 0.05) is 18.7 Å². The van der Waals surface area contributed by atoms with E-state index in [-0.39, 0.29) is 12.1 Å². The van der Waals surface area contributed by atoms with Gasteiger partial charge < -0.3 is 10.4 Å². The van der Waals surface area contributed by atoms with Crippen molar-refractivity contribution in [2.24, 2.45) is 0 Å². The maximum atomic E-state index is 12.9. The number of alkyl halides is 3. The first-order chi connectivity index (χ1) is 11.9. The number of nitro benzene ring substituents is 2. The van der Waals surface area contributed by atoms with Crippen molar-refractivity contribution in [1.29, 1.82) is 0 Å². The van der Waals surface area contributed by atoms with Gasteiger partial charge in [0.15, 0.2) is 5.69 Å². The van der Waals surface area contributed by atoms with Crippen LogP contribution in [0.15, 0.2) is 29.0 Å². The zero-order chi connectivity index (χ0) is 19.7. The van der Waals surface area contributed by atoms with Crippen LogP contribution in [0.2, 0.25) is 0 Å². The lowest BCUT2D eigenvalue weighted by Gasteiger charge is -2.23. The van der Waals surface area contributed by atoms with Crippen molar-refractivity contribution in [3.05, 3.63) is 60.3 Å². The van der Waals surface area contributed by atoms with Gasteiger partial charge in [0.1, 0.15) is 5.60 Å². The number of benzene rings is 1. The van der Waals surface area contributed by atoms with Crippen LogP contribution in [0.1, 0.15) is 18.1 Å². The predicted molar refractivity (Wildman–Crippen MR) is 87.1 cm³/mol. The molecule has 0 bridgehead atoms. The number of halogens is 3. The summed E-state index contributed by atoms with van der Waals surface area (Å²) in [5.74, 6) is 0. The Morgan fingerprint density at radius 3 is 2.08 bits per heavy atom. The molecule has 1 unspecified atom stereocenters. The fourth-order valence-electron chi connectivity index (χ4n) is 2.18. The summed E-state index contributed by atoms with van der Waals surface area (Å²) in [5.41, 5.74) is -5.52. The van der Waals surface area contributed by atoms with E-state index in [0.717, 1.165) is 0 Å². The molecule has 0 radical (unpaired) electrons. The Morgan fingerprint density at radius 1 is 1.15 bits per heavy atom. The Labute approximate surface area is 148 Å². The summed E-state index contributed by atoms with van der Waals surface area (Å²) in [6, 6.07) is 2.02. The number of nitrogens with one attached hydrogen (secondary N) is 1. The zero-order valence-electron chi connectivity index (χ0n) is 13.1. The van der Waals surface area contributed by atoms with Gasteiger partial charge in [-0.1, -0.05) is 0 Å². The second kappa shape index (κ2) is 6.88. The minimum absolute atomic E-state index is 0.217. The van der Waals surface area contributed by atoms with Crippen LogP contribution in [0.5, 0.6) is 0 Å². The number of aliphatic hydroxyl groups is 1. The lowest BCUT2D eigenvalue weighted by molar-refractivity contribution is -0.392. The molecule has 0 amide bonds. The fraction of sp³-hybridized carbons (Fsp3) is 0.286. The summed E-state index contributed by atoms with van der Waals surface area (Å²) in [7, 11) is 0. The summed E-state index contributed by atoms with van der Waals surface area (Å²) in [4.78, 5) is 20.0. The molecule has 1 heterocycles. The molecule has 26 heavy (non-hydrogen) atoms. The van der Waals surface area contributed by atoms with Crippen LogP contribution in [0.25, 0.3) is 0 Å². The van der Waals surface area contributed by atoms with Crippen molar-refractivity contribution >= 4 is 28.4 Å². The molecule has 140 valence electrons. The van der Waals surface area contributed by atoms with E-state index < -0.39 is 50.8 Å². The van der Waals surface area contributed by atoms with Crippen LogP contribution in [-0.4, -0.2) is 21.5 Å². The van der Waals surface area contributed by atoms with Crippen LogP contribution in [-0.2, 0) is 11.8 Å². The normalized spacial score (nSPS) is 13.9. The maximum absolute atomic E-state index is 12.9. The molecule has 1 aromatic carbocycles. The summed E-state index contributed by atoms with van der Waals surface area (Å²) in [5, 5.41) is 38.3. The van der Waals surface area contributed by atoms with Crippen LogP contribution >= 0.6 is 11.3 Å². The first-order valence-electron chi connectivity index (χ1n) is 6.96. The number of anilines is 1. The van der Waals surface area contributed by atoms with E-state index in [1.807, 2.05) is 0 Å². The predicted octanol–water partition coefficient (Wildman–Crippen LogP) is 3.90. The van der Waals surface area contributed by atoms with Gasteiger partial charge >= 0.3 is 6.18 Å². The Bertz CT molecular complexity index is 802. The average Bonchev–Trinajstić information content (AvgIpc) is 3.06. The number of rotatable bonds is 6. The van der Waals surface area contributed by atoms with E-state index in [9.17, 15) is 38.5 Å². The maximum Gasteiger partial charge on any atom is 0.416 e. The lowest BCUT2D eigenvalue weighted by atomic mass is 9.99. The molecule has 2 aromatic rings. The van der Waals surface area contributed by atoms with Crippen LogP contribution in [0, 0.1) is 20.2 Å². The minimum Gasteiger partial charge on any atom is -0.384 e. The first-order valence-corrected chi connectivity index (χ1v) is 7.90. The highest BCUT2D eigenvalue weighted by Crippen LogP contribution is 2.41. The van der Waals surface area contributed by atoms with Crippen LogP contribution < -0.4 is 5.32 Å². The highest BCUT2D eigenvalue weighted by molar-refractivity contribution is 7.08. The van der Waals surface area contributed by atoms with Gasteiger partial charge in [0.05, 0.1) is 15.4 Å². The highest BCUT2D eigenvalue weighted by Gasteiger charge is 2.38. The zero-order valence-corrected chi connectivity index (χ0v) is 13.9. The average molecular weight is 391 g/mol. The minimum atomic E-state index is -4.99. The smallest absolute Gasteiger partial charge is 0.384 e. The second-order valence-electron chi connectivity index (χ2n) is 5.54. The van der Waals surface area contributed by atoms with Crippen molar-refractivity contribution < 1.29 is 28.1 Å². The fourth-order valence-corrected chi connectivity index (χ4v) is 2.96. The molecule has 0 spiro atoms. The lowest BCUT2D eigenvalue weighted by Crippen LogP contribution is -2.30. The SMILES string of the molecule is CC(O)(CNc1c([N+](=O)[O-])cc(C(F)(F)F)cc1[N+](=O)[O-])c1ccsc1. The van der Waals surface area contributed by atoms with E-state index in [2.05, 4.69) is 5.32 Å². The van der Waals surface area contributed by atoms with E-state index in [4.69, 9.17) is 0 Å². The standard InChI is InChI=1S/C14H12F3N3O5S/c1-13(21,8-2-3-26-6-8)7-18-12-10(19(22)23)4-9(14(15,16)17)5-11(12)20(24)25/h2-6,18,21H,7H2,1H3. The van der Waals surface area contributed by atoms with Crippen molar-refractivity contribution in [1.82, 2.24) is 0 Å². The topological polar surface area (TPSA) is 119 Å². The number of nitrogens with zero attached hydrogens (tertiary/aromatic N) is 2. The Balaban J connectivity index is 2.49. The van der Waals surface area contributed by atoms with Gasteiger partial charge in [-0.3, -0.25) is 20.2 Å². The third kappa shape index (κ3) is 4.08. The van der Waals surface area contributed by atoms with Crippen LogP contribution in [0.4, 0.5) is 30.2 Å². The number of thiophene rings is 1. The second-order valence-corrected chi connectivity index (χ2v) is 6.32. The number of hydrogen-bond acceptors (Lipinski definition) is 7. The molecule has 2 N–H and O–H groups in total. The highest BCUT2D eigenvalue weighted by atomic mass is 32.1. The molecular formula is C14H12F3N3O5S. The van der Waals surface area contributed by atoms with Gasteiger partial charge in [-0.15, -0.1) is 0 Å². The molecule has 0 saturated heterocycles. The van der Waals surface area contributed by atoms with Gasteiger partial charge in [0.2, 0.25) is 0 Å². The van der Waals surface area contributed by atoms with Crippen molar-refractivity contribution in [2.45, 2.75) is 18.7 Å². The molecule has 2 rings (SSSR count). The summed E-state index contributed by atoms with van der Waals surface area (Å²) in [6.07, 6.45) is -4.99. The number of hydrogen-bond donors (Lipinski definition) is 2. The molecule has 0 aliphatic heterocycles. The quantitative estimate of drug-likeness (QED) is 0.569. The summed E-state index contributed by atoms with van der Waals surface area (Å²) >= 11 is 1.28. The molecule has 0 fully saturated rings. The van der Waals surface area contributed by atoms with E-state index >= 15 is 0 Å². The van der Waals surface area contributed by atoms with Crippen LogP contribution in [0.3, 0.4) is 0 Å². The number of nitro groups is 2. The molecule has 1 aromatic heterocycles. The molecule has 8 nitrogen and oxygen atoms in total. The molecule has 0 aliphatic carbocycles. The molecular weight excluding hydrogens is 379 g/mol. The monoisotopic (exact) mass is 391 g/mol. The van der Waals surface area contributed by atoms with Gasteiger partial charge in [-0.2, -0.15) is 24.5 Å². The third-order valence-electron chi connectivity index (χ3n) is 3.57. The third-order valence-corrected chi connectivity index (χ3v) is 4.25. The van der Waals surface area contributed by atoms with E-state index in [0.29, 0.717) is 5.56 Å². The van der Waals surface area contributed by atoms with Gasteiger partial charge in [-0.05, 0) is 29.3 Å².